The average molecular weight is 292 g/mol. The highest BCUT2D eigenvalue weighted by atomic mass is 32.1. The summed E-state index contributed by atoms with van der Waals surface area (Å²) in [5, 5.41) is 23.8. The number of amides is 1. The number of nitrogens with one attached hydrogen (secondary N) is 1. The number of carboxylic acids is 1. The summed E-state index contributed by atoms with van der Waals surface area (Å²) in [5.74, 6) is -2.08. The normalized spacial score (nSPS) is 10.2. The summed E-state index contributed by atoms with van der Waals surface area (Å²) < 4.78 is 0. The van der Waals surface area contributed by atoms with Gasteiger partial charge in [0.1, 0.15) is 5.56 Å². The zero-order valence-corrected chi connectivity index (χ0v) is 11.4. The maximum absolute atomic E-state index is 11.8. The lowest BCUT2D eigenvalue weighted by molar-refractivity contribution is -0.115. The lowest BCUT2D eigenvalue weighted by atomic mass is 10.1. The van der Waals surface area contributed by atoms with E-state index in [-0.39, 0.29) is 23.6 Å². The number of thiazole rings is 1. The number of carboxylic acid groups (broad SMARTS) is 1. The standard InChI is InChI=1S/C13H12N2O4S/c1-7-14-8(6-20-7)5-11(16)15-10-4-2-3-9(12(10)17)13(18)19/h2-4,6,17H,5H2,1H3,(H,15,16)(H,18,19). The molecule has 0 saturated carbocycles. The van der Waals surface area contributed by atoms with Crippen molar-refractivity contribution in [2.45, 2.75) is 13.3 Å². The highest BCUT2D eigenvalue weighted by molar-refractivity contribution is 7.09. The number of aromatic carboxylic acids is 1. The number of para-hydroxylation sites is 1. The van der Waals surface area contributed by atoms with Crippen LogP contribution in [0.15, 0.2) is 23.6 Å². The quantitative estimate of drug-likeness (QED) is 0.749. The van der Waals surface area contributed by atoms with Crippen molar-refractivity contribution in [2.24, 2.45) is 0 Å². The molecule has 104 valence electrons. The number of carbonyl (C=O) groups is 2. The number of rotatable bonds is 4. The van der Waals surface area contributed by atoms with Crippen LogP contribution >= 0.6 is 11.3 Å². The van der Waals surface area contributed by atoms with Gasteiger partial charge in [0, 0.05) is 5.38 Å². The number of nitrogens with zero attached hydrogens (tertiary/aromatic N) is 1. The maximum Gasteiger partial charge on any atom is 0.339 e. The van der Waals surface area contributed by atoms with Gasteiger partial charge in [-0.15, -0.1) is 11.3 Å². The number of anilines is 1. The summed E-state index contributed by atoms with van der Waals surface area (Å²) in [6.07, 6.45) is 0.0705. The first-order valence-corrected chi connectivity index (χ1v) is 6.61. The van der Waals surface area contributed by atoms with Gasteiger partial charge in [0.05, 0.1) is 22.8 Å². The summed E-state index contributed by atoms with van der Waals surface area (Å²) in [7, 11) is 0. The van der Waals surface area contributed by atoms with Crippen molar-refractivity contribution in [3.05, 3.63) is 39.8 Å². The summed E-state index contributed by atoms with van der Waals surface area (Å²) in [4.78, 5) is 26.9. The molecule has 20 heavy (non-hydrogen) atoms. The number of benzene rings is 1. The number of hydrogen-bond donors (Lipinski definition) is 3. The number of phenols is 1. The predicted octanol–water partition coefficient (Wildman–Crippen LogP) is 2.04. The number of aromatic hydroxyl groups is 1. The summed E-state index contributed by atoms with van der Waals surface area (Å²) in [6.45, 7) is 1.84. The van der Waals surface area contributed by atoms with Crippen molar-refractivity contribution in [1.82, 2.24) is 4.98 Å². The molecular weight excluding hydrogens is 280 g/mol. The molecule has 1 aromatic carbocycles. The Morgan fingerprint density at radius 3 is 2.75 bits per heavy atom. The Morgan fingerprint density at radius 2 is 2.15 bits per heavy atom. The van der Waals surface area contributed by atoms with Crippen molar-refractivity contribution in [1.29, 1.82) is 0 Å². The first-order chi connectivity index (χ1) is 9.47. The smallest absolute Gasteiger partial charge is 0.339 e. The Morgan fingerprint density at radius 1 is 1.40 bits per heavy atom. The minimum atomic E-state index is -1.26. The third-order valence-electron chi connectivity index (χ3n) is 2.55. The molecule has 6 nitrogen and oxygen atoms in total. The largest absolute Gasteiger partial charge is 0.505 e. The van der Waals surface area contributed by atoms with Crippen LogP contribution in [0.4, 0.5) is 5.69 Å². The molecule has 0 saturated heterocycles. The van der Waals surface area contributed by atoms with Gasteiger partial charge in [0.25, 0.3) is 0 Å². The van der Waals surface area contributed by atoms with Crippen molar-refractivity contribution in [3.8, 4) is 5.75 Å². The molecule has 1 heterocycles. The number of aromatic nitrogens is 1. The second-order valence-corrected chi connectivity index (χ2v) is 5.15. The van der Waals surface area contributed by atoms with Gasteiger partial charge in [-0.3, -0.25) is 4.79 Å². The minimum absolute atomic E-state index is 0.0705. The monoisotopic (exact) mass is 292 g/mol. The van der Waals surface area contributed by atoms with E-state index in [9.17, 15) is 14.7 Å². The first-order valence-electron chi connectivity index (χ1n) is 5.73. The number of aryl methyl sites for hydroxylation is 1. The van der Waals surface area contributed by atoms with Crippen LogP contribution in [0.5, 0.6) is 5.75 Å². The molecule has 2 rings (SSSR count). The van der Waals surface area contributed by atoms with E-state index in [2.05, 4.69) is 10.3 Å². The van der Waals surface area contributed by atoms with Gasteiger partial charge in [-0.1, -0.05) is 6.07 Å². The third kappa shape index (κ3) is 3.12. The van der Waals surface area contributed by atoms with E-state index in [4.69, 9.17) is 5.11 Å². The van der Waals surface area contributed by atoms with Gasteiger partial charge >= 0.3 is 5.97 Å². The fourth-order valence-corrected chi connectivity index (χ4v) is 2.28. The molecule has 0 bridgehead atoms. The van der Waals surface area contributed by atoms with Crippen molar-refractivity contribution in [3.63, 3.8) is 0 Å². The fourth-order valence-electron chi connectivity index (χ4n) is 1.67. The van der Waals surface area contributed by atoms with Gasteiger partial charge in [-0.25, -0.2) is 9.78 Å². The van der Waals surface area contributed by atoms with E-state index in [1.54, 1.807) is 5.38 Å². The Labute approximate surface area is 118 Å². The molecule has 0 fully saturated rings. The number of carbonyl (C=O) groups excluding carboxylic acids is 1. The molecule has 3 N–H and O–H groups in total. The maximum atomic E-state index is 11.8. The Bertz CT molecular complexity index is 666. The van der Waals surface area contributed by atoms with Gasteiger partial charge in [0.15, 0.2) is 5.75 Å². The Kier molecular flexibility index (Phi) is 3.99. The highest BCUT2D eigenvalue weighted by Crippen LogP contribution is 2.27. The highest BCUT2D eigenvalue weighted by Gasteiger charge is 2.15. The lowest BCUT2D eigenvalue weighted by Crippen LogP contribution is -2.15. The molecule has 2 aromatic rings. The summed E-state index contributed by atoms with van der Waals surface area (Å²) in [5.41, 5.74) is 0.452. The van der Waals surface area contributed by atoms with Gasteiger partial charge in [0.2, 0.25) is 5.91 Å². The topological polar surface area (TPSA) is 99.5 Å². The van der Waals surface area contributed by atoms with Crippen LogP contribution in [0.1, 0.15) is 21.1 Å². The molecule has 1 amide bonds. The lowest BCUT2D eigenvalue weighted by Gasteiger charge is -2.08. The molecule has 0 aliphatic heterocycles. The molecule has 0 atom stereocenters. The molecule has 0 unspecified atom stereocenters. The van der Waals surface area contributed by atoms with Gasteiger partial charge in [-0.05, 0) is 19.1 Å². The van der Waals surface area contributed by atoms with E-state index >= 15 is 0 Å². The second kappa shape index (κ2) is 5.70. The van der Waals surface area contributed by atoms with E-state index in [0.717, 1.165) is 5.01 Å². The van der Waals surface area contributed by atoms with Crippen molar-refractivity contribution >= 4 is 28.9 Å². The van der Waals surface area contributed by atoms with E-state index in [1.165, 1.54) is 29.5 Å². The molecular formula is C13H12N2O4S. The van der Waals surface area contributed by atoms with Gasteiger partial charge < -0.3 is 15.5 Å². The SMILES string of the molecule is Cc1nc(CC(=O)Nc2cccc(C(=O)O)c2O)cs1. The van der Waals surface area contributed by atoms with Crippen molar-refractivity contribution in [2.75, 3.05) is 5.32 Å². The van der Waals surface area contributed by atoms with Crippen LogP contribution in [0.3, 0.4) is 0 Å². The van der Waals surface area contributed by atoms with Crippen LogP contribution < -0.4 is 5.32 Å². The van der Waals surface area contributed by atoms with Crippen LogP contribution in [-0.4, -0.2) is 27.1 Å². The number of hydrogen-bond acceptors (Lipinski definition) is 5. The Balaban J connectivity index is 2.12. The van der Waals surface area contributed by atoms with Crippen LogP contribution in [0.2, 0.25) is 0 Å². The summed E-state index contributed by atoms with van der Waals surface area (Å²) >= 11 is 1.44. The minimum Gasteiger partial charge on any atom is -0.505 e. The molecule has 0 spiro atoms. The van der Waals surface area contributed by atoms with Crippen LogP contribution in [0.25, 0.3) is 0 Å². The zero-order valence-electron chi connectivity index (χ0n) is 10.6. The summed E-state index contributed by atoms with van der Waals surface area (Å²) in [6, 6.07) is 4.15. The zero-order chi connectivity index (χ0) is 14.7. The molecule has 0 aliphatic rings. The van der Waals surface area contributed by atoms with Crippen molar-refractivity contribution < 1.29 is 19.8 Å². The second-order valence-electron chi connectivity index (χ2n) is 4.09. The molecule has 0 radical (unpaired) electrons. The van der Waals surface area contributed by atoms with E-state index < -0.39 is 11.7 Å². The first kappa shape index (κ1) is 14.0. The fraction of sp³-hybridized carbons (Fsp3) is 0.154. The Hall–Kier alpha value is -2.41. The van der Waals surface area contributed by atoms with Crippen LogP contribution in [-0.2, 0) is 11.2 Å². The third-order valence-corrected chi connectivity index (χ3v) is 3.37. The van der Waals surface area contributed by atoms with Crippen LogP contribution in [0, 0.1) is 6.92 Å². The predicted molar refractivity (Wildman–Crippen MR) is 74.3 cm³/mol. The molecule has 7 heteroatoms. The molecule has 1 aromatic heterocycles. The van der Waals surface area contributed by atoms with Gasteiger partial charge in [-0.2, -0.15) is 0 Å². The molecule has 0 aliphatic carbocycles. The average Bonchev–Trinajstić information content (AvgIpc) is 2.77. The van der Waals surface area contributed by atoms with E-state index in [0.29, 0.717) is 5.69 Å². The van der Waals surface area contributed by atoms with E-state index in [1.807, 2.05) is 6.92 Å².